The van der Waals surface area contributed by atoms with Crippen molar-refractivity contribution < 1.29 is 4.79 Å². The Morgan fingerprint density at radius 3 is 2.89 bits per heavy atom. The summed E-state index contributed by atoms with van der Waals surface area (Å²) in [5.74, 6) is 0.807. The van der Waals surface area contributed by atoms with E-state index in [1.807, 2.05) is 19.3 Å². The van der Waals surface area contributed by atoms with Gasteiger partial charge in [0.05, 0.1) is 5.54 Å². The van der Waals surface area contributed by atoms with E-state index in [0.29, 0.717) is 12.1 Å². The second-order valence-electron chi connectivity index (χ2n) is 5.64. The van der Waals surface area contributed by atoms with Gasteiger partial charge in [0.1, 0.15) is 5.82 Å². The van der Waals surface area contributed by atoms with E-state index in [1.54, 1.807) is 0 Å². The fourth-order valence-corrected chi connectivity index (χ4v) is 3.07. The van der Waals surface area contributed by atoms with E-state index in [4.69, 9.17) is 5.73 Å². The molecule has 98 valence electrons. The van der Waals surface area contributed by atoms with Gasteiger partial charge in [0.2, 0.25) is 5.91 Å². The average molecular weight is 248 g/mol. The molecule has 0 saturated heterocycles. The first kappa shape index (κ1) is 11.7. The number of hydrogen-bond acceptors (Lipinski definition) is 3. The molecule has 0 bridgehead atoms. The second kappa shape index (κ2) is 4.09. The van der Waals surface area contributed by atoms with Gasteiger partial charge in [0.15, 0.2) is 0 Å². The summed E-state index contributed by atoms with van der Waals surface area (Å²) in [7, 11) is 0. The molecule has 5 nitrogen and oxygen atoms in total. The second-order valence-corrected chi connectivity index (χ2v) is 5.64. The van der Waals surface area contributed by atoms with E-state index in [1.165, 1.54) is 12.8 Å². The van der Waals surface area contributed by atoms with Crippen LogP contribution in [0.3, 0.4) is 0 Å². The number of amides is 1. The largest absolute Gasteiger partial charge is 0.368 e. The van der Waals surface area contributed by atoms with Crippen LogP contribution in [-0.2, 0) is 4.79 Å². The third kappa shape index (κ3) is 1.92. The molecule has 2 atom stereocenters. The SMILES string of the molecule is Cc1nccn1C1CCC(NC2CC2)(C(N)=O)C1. The molecule has 5 heteroatoms. The minimum Gasteiger partial charge on any atom is -0.368 e. The number of carbonyl (C=O) groups is 1. The van der Waals surface area contributed by atoms with Crippen molar-refractivity contribution in [2.45, 2.75) is 56.7 Å². The Kier molecular flexibility index (Phi) is 2.66. The Morgan fingerprint density at radius 1 is 1.56 bits per heavy atom. The normalized spacial score (nSPS) is 31.7. The topological polar surface area (TPSA) is 72.9 Å². The maximum atomic E-state index is 11.8. The zero-order valence-corrected chi connectivity index (χ0v) is 10.7. The van der Waals surface area contributed by atoms with E-state index in [-0.39, 0.29) is 5.91 Å². The third-order valence-electron chi connectivity index (χ3n) is 4.27. The molecule has 2 aliphatic carbocycles. The van der Waals surface area contributed by atoms with Crippen LogP contribution in [0.15, 0.2) is 12.4 Å². The standard InChI is InChI=1S/C13H20N4O/c1-9-15-6-7-17(9)11-4-5-13(8-11,12(14)18)16-10-2-3-10/h6-7,10-11,16H,2-5,8H2,1H3,(H2,14,18). The Balaban J connectivity index is 1.79. The van der Waals surface area contributed by atoms with Crippen LogP contribution in [0.1, 0.15) is 44.0 Å². The van der Waals surface area contributed by atoms with Gasteiger partial charge < -0.3 is 15.6 Å². The quantitative estimate of drug-likeness (QED) is 0.831. The molecule has 3 rings (SSSR count). The third-order valence-corrected chi connectivity index (χ3v) is 4.27. The lowest BCUT2D eigenvalue weighted by Gasteiger charge is -2.27. The number of rotatable bonds is 4. The van der Waals surface area contributed by atoms with Crippen LogP contribution in [0.5, 0.6) is 0 Å². The summed E-state index contributed by atoms with van der Waals surface area (Å²) in [4.78, 5) is 16.1. The molecule has 2 aliphatic rings. The Hall–Kier alpha value is -1.36. The van der Waals surface area contributed by atoms with Crippen molar-refractivity contribution in [2.24, 2.45) is 5.73 Å². The van der Waals surface area contributed by atoms with Crippen molar-refractivity contribution in [2.75, 3.05) is 0 Å². The van der Waals surface area contributed by atoms with E-state index in [9.17, 15) is 4.79 Å². The molecule has 1 aromatic rings. The molecular weight excluding hydrogens is 228 g/mol. The first-order chi connectivity index (χ1) is 8.61. The molecule has 2 saturated carbocycles. The molecule has 1 amide bonds. The van der Waals surface area contributed by atoms with Crippen LogP contribution < -0.4 is 11.1 Å². The predicted molar refractivity (Wildman–Crippen MR) is 67.9 cm³/mol. The molecule has 0 aromatic carbocycles. The maximum Gasteiger partial charge on any atom is 0.237 e. The number of aryl methyl sites for hydroxylation is 1. The van der Waals surface area contributed by atoms with E-state index >= 15 is 0 Å². The van der Waals surface area contributed by atoms with Crippen LogP contribution in [0, 0.1) is 6.92 Å². The van der Waals surface area contributed by atoms with Crippen LogP contribution in [-0.4, -0.2) is 27.0 Å². The summed E-state index contributed by atoms with van der Waals surface area (Å²) < 4.78 is 2.17. The predicted octanol–water partition coefficient (Wildman–Crippen LogP) is 0.893. The first-order valence-electron chi connectivity index (χ1n) is 6.68. The number of aromatic nitrogens is 2. The number of imidazole rings is 1. The first-order valence-corrected chi connectivity index (χ1v) is 6.68. The molecule has 2 unspecified atom stereocenters. The Bertz CT molecular complexity index is 465. The van der Waals surface area contributed by atoms with Crippen LogP contribution in [0.2, 0.25) is 0 Å². The highest BCUT2D eigenvalue weighted by Crippen LogP contribution is 2.40. The van der Waals surface area contributed by atoms with Crippen molar-refractivity contribution >= 4 is 5.91 Å². The van der Waals surface area contributed by atoms with Crippen LogP contribution in [0.4, 0.5) is 0 Å². The number of nitrogens with zero attached hydrogens (tertiary/aromatic N) is 2. The van der Waals surface area contributed by atoms with Gasteiger partial charge in [-0.3, -0.25) is 4.79 Å². The van der Waals surface area contributed by atoms with Crippen molar-refractivity contribution in [3.05, 3.63) is 18.2 Å². The van der Waals surface area contributed by atoms with Gasteiger partial charge in [0.25, 0.3) is 0 Å². The van der Waals surface area contributed by atoms with Gasteiger partial charge in [-0.2, -0.15) is 0 Å². The van der Waals surface area contributed by atoms with Crippen LogP contribution in [0.25, 0.3) is 0 Å². The van der Waals surface area contributed by atoms with Gasteiger partial charge in [-0.25, -0.2) is 4.98 Å². The van der Waals surface area contributed by atoms with E-state index in [2.05, 4.69) is 14.9 Å². The average Bonchev–Trinajstić information content (AvgIpc) is 2.85. The lowest BCUT2D eigenvalue weighted by atomic mass is 9.96. The molecule has 0 spiro atoms. The molecule has 0 radical (unpaired) electrons. The minimum atomic E-state index is -0.497. The molecule has 1 heterocycles. The van der Waals surface area contributed by atoms with Crippen molar-refractivity contribution in [3.63, 3.8) is 0 Å². The van der Waals surface area contributed by atoms with Gasteiger partial charge >= 0.3 is 0 Å². The summed E-state index contributed by atoms with van der Waals surface area (Å²) in [5, 5.41) is 3.47. The molecule has 3 N–H and O–H groups in total. The van der Waals surface area contributed by atoms with Crippen molar-refractivity contribution in [3.8, 4) is 0 Å². The molecule has 2 fully saturated rings. The smallest absolute Gasteiger partial charge is 0.237 e. The summed E-state index contributed by atoms with van der Waals surface area (Å²) in [6, 6.07) is 0.839. The summed E-state index contributed by atoms with van der Waals surface area (Å²) >= 11 is 0. The Morgan fingerprint density at radius 2 is 2.33 bits per heavy atom. The van der Waals surface area contributed by atoms with E-state index < -0.39 is 5.54 Å². The summed E-state index contributed by atoms with van der Waals surface area (Å²) in [5.41, 5.74) is 5.14. The highest BCUT2D eigenvalue weighted by atomic mass is 16.1. The molecular formula is C13H20N4O. The number of nitrogens with one attached hydrogen (secondary N) is 1. The number of primary amides is 1. The van der Waals surface area contributed by atoms with Crippen LogP contribution >= 0.6 is 0 Å². The van der Waals surface area contributed by atoms with E-state index in [0.717, 1.165) is 25.1 Å². The number of carbonyl (C=O) groups excluding carboxylic acids is 1. The molecule has 1 aromatic heterocycles. The van der Waals surface area contributed by atoms with Crippen molar-refractivity contribution in [1.29, 1.82) is 0 Å². The number of hydrogen-bond donors (Lipinski definition) is 2. The van der Waals surface area contributed by atoms with Crippen molar-refractivity contribution in [1.82, 2.24) is 14.9 Å². The Labute approximate surface area is 107 Å². The zero-order chi connectivity index (χ0) is 12.8. The summed E-state index contributed by atoms with van der Waals surface area (Å²) in [6.07, 6.45) is 8.76. The lowest BCUT2D eigenvalue weighted by Crippen LogP contribution is -2.54. The zero-order valence-electron chi connectivity index (χ0n) is 10.7. The molecule has 18 heavy (non-hydrogen) atoms. The molecule has 0 aliphatic heterocycles. The fraction of sp³-hybridized carbons (Fsp3) is 0.692. The summed E-state index contributed by atoms with van der Waals surface area (Å²) in [6.45, 7) is 2.00. The van der Waals surface area contributed by atoms with Gasteiger partial charge in [-0.05, 0) is 39.0 Å². The van der Waals surface area contributed by atoms with Gasteiger partial charge in [-0.15, -0.1) is 0 Å². The maximum absolute atomic E-state index is 11.8. The lowest BCUT2D eigenvalue weighted by molar-refractivity contribution is -0.124. The highest BCUT2D eigenvalue weighted by Gasteiger charge is 2.47. The van der Waals surface area contributed by atoms with Gasteiger partial charge in [0, 0.05) is 24.5 Å². The highest BCUT2D eigenvalue weighted by molar-refractivity contribution is 5.85. The monoisotopic (exact) mass is 248 g/mol. The minimum absolute atomic E-state index is 0.199. The fourth-order valence-electron chi connectivity index (χ4n) is 3.07. The van der Waals surface area contributed by atoms with Gasteiger partial charge in [-0.1, -0.05) is 0 Å². The number of nitrogens with two attached hydrogens (primary N) is 1.